The number of hydrogen-bond acceptors (Lipinski definition) is 5. The number of ketones is 1. The molecule has 7 heteroatoms. The van der Waals surface area contributed by atoms with Gasteiger partial charge in [-0.1, -0.05) is 24.3 Å². The summed E-state index contributed by atoms with van der Waals surface area (Å²) in [6.07, 6.45) is 0. The highest BCUT2D eigenvalue weighted by molar-refractivity contribution is 7.89. The van der Waals surface area contributed by atoms with Gasteiger partial charge in [0.25, 0.3) is 0 Å². The molecule has 0 aliphatic carbocycles. The first-order valence-corrected chi connectivity index (χ1v) is 10.8. The van der Waals surface area contributed by atoms with Crippen LogP contribution in [0.15, 0.2) is 64.2 Å². The zero-order chi connectivity index (χ0) is 17.9. The molecule has 130 valence electrons. The summed E-state index contributed by atoms with van der Waals surface area (Å²) in [5.41, 5.74) is 0.502. The Balaban J connectivity index is 1.93. The molecule has 0 saturated carbocycles. The highest BCUT2D eigenvalue weighted by Gasteiger charge is 2.25. The molecule has 2 aromatic heterocycles. The lowest BCUT2D eigenvalue weighted by molar-refractivity contribution is 0.101. The third-order valence-corrected chi connectivity index (χ3v) is 7.25. The second kappa shape index (κ2) is 7.61. The van der Waals surface area contributed by atoms with Gasteiger partial charge < -0.3 is 0 Å². The van der Waals surface area contributed by atoms with Gasteiger partial charge in [0.05, 0.1) is 4.90 Å². The van der Waals surface area contributed by atoms with E-state index in [9.17, 15) is 13.2 Å². The molecule has 0 atom stereocenters. The predicted octanol–water partition coefficient (Wildman–Crippen LogP) is 4.40. The second-order valence-electron chi connectivity index (χ2n) is 5.51. The van der Waals surface area contributed by atoms with Gasteiger partial charge in [-0.05, 0) is 41.9 Å². The van der Waals surface area contributed by atoms with E-state index in [1.807, 2.05) is 35.0 Å². The van der Waals surface area contributed by atoms with Gasteiger partial charge in [0, 0.05) is 28.4 Å². The summed E-state index contributed by atoms with van der Waals surface area (Å²) in [6, 6.07) is 13.8. The van der Waals surface area contributed by atoms with E-state index in [4.69, 9.17) is 0 Å². The number of sulfonamides is 1. The van der Waals surface area contributed by atoms with Crippen molar-refractivity contribution in [2.45, 2.75) is 24.9 Å². The van der Waals surface area contributed by atoms with E-state index in [2.05, 4.69) is 0 Å². The van der Waals surface area contributed by atoms with Crippen molar-refractivity contribution in [1.82, 2.24) is 4.31 Å². The van der Waals surface area contributed by atoms with E-state index in [1.165, 1.54) is 46.0 Å². The fourth-order valence-electron chi connectivity index (χ4n) is 2.39. The highest BCUT2D eigenvalue weighted by atomic mass is 32.2. The minimum Gasteiger partial charge on any atom is -0.295 e. The zero-order valence-electron chi connectivity index (χ0n) is 13.6. The Bertz CT molecular complexity index is 892. The van der Waals surface area contributed by atoms with Crippen LogP contribution in [-0.2, 0) is 23.1 Å². The summed E-state index contributed by atoms with van der Waals surface area (Å²) in [5, 5.41) is 3.87. The van der Waals surface area contributed by atoms with Crippen LogP contribution in [-0.4, -0.2) is 18.5 Å². The van der Waals surface area contributed by atoms with Crippen molar-refractivity contribution in [3.63, 3.8) is 0 Å². The van der Waals surface area contributed by atoms with Crippen LogP contribution < -0.4 is 0 Å². The lowest BCUT2D eigenvalue weighted by Crippen LogP contribution is -2.29. The quantitative estimate of drug-likeness (QED) is 0.561. The van der Waals surface area contributed by atoms with E-state index < -0.39 is 10.0 Å². The van der Waals surface area contributed by atoms with Crippen LogP contribution in [0.5, 0.6) is 0 Å². The molecule has 0 aliphatic heterocycles. The average molecular weight is 392 g/mol. The third kappa shape index (κ3) is 4.24. The number of benzene rings is 1. The molecule has 4 nitrogen and oxygen atoms in total. The molecule has 0 bridgehead atoms. The largest absolute Gasteiger partial charge is 0.295 e. The molecule has 0 saturated heterocycles. The maximum Gasteiger partial charge on any atom is 0.243 e. The Kier molecular flexibility index (Phi) is 5.48. The van der Waals surface area contributed by atoms with Crippen LogP contribution in [0.3, 0.4) is 0 Å². The average Bonchev–Trinajstić information content (AvgIpc) is 3.28. The minimum atomic E-state index is -3.66. The van der Waals surface area contributed by atoms with Gasteiger partial charge in [0.15, 0.2) is 5.78 Å². The number of carbonyl (C=O) groups is 1. The van der Waals surface area contributed by atoms with E-state index in [0.29, 0.717) is 18.7 Å². The van der Waals surface area contributed by atoms with Crippen LogP contribution in [0.4, 0.5) is 0 Å². The first-order valence-electron chi connectivity index (χ1n) is 7.63. The highest BCUT2D eigenvalue weighted by Crippen LogP contribution is 2.24. The smallest absolute Gasteiger partial charge is 0.243 e. The third-order valence-electron chi connectivity index (χ3n) is 3.72. The molecule has 0 amide bonds. The molecule has 0 spiro atoms. The van der Waals surface area contributed by atoms with Crippen molar-refractivity contribution in [3.8, 4) is 0 Å². The van der Waals surface area contributed by atoms with Crippen molar-refractivity contribution in [3.05, 3.63) is 74.6 Å². The Morgan fingerprint density at radius 2 is 1.44 bits per heavy atom. The van der Waals surface area contributed by atoms with Gasteiger partial charge in [-0.15, -0.1) is 22.7 Å². The fourth-order valence-corrected chi connectivity index (χ4v) is 5.39. The fraction of sp³-hybridized carbons (Fsp3) is 0.167. The summed E-state index contributed by atoms with van der Waals surface area (Å²) in [7, 11) is -3.66. The molecular weight excluding hydrogens is 374 g/mol. The van der Waals surface area contributed by atoms with Crippen LogP contribution in [0, 0.1) is 0 Å². The number of Topliss-reactive ketones (excluding diaryl/α,β-unsaturated/α-hetero) is 1. The molecular formula is C18H17NO3S3. The topological polar surface area (TPSA) is 54.5 Å². The summed E-state index contributed by atoms with van der Waals surface area (Å²) in [4.78, 5) is 13.6. The summed E-state index contributed by atoms with van der Waals surface area (Å²) in [5.74, 6) is -0.0852. The van der Waals surface area contributed by atoms with Gasteiger partial charge in [-0.2, -0.15) is 4.31 Å². The molecule has 25 heavy (non-hydrogen) atoms. The Morgan fingerprint density at radius 1 is 0.920 bits per heavy atom. The lowest BCUT2D eigenvalue weighted by atomic mass is 10.2. The van der Waals surface area contributed by atoms with Gasteiger partial charge in [-0.25, -0.2) is 8.42 Å². The Hall–Kier alpha value is -1.80. The monoisotopic (exact) mass is 391 g/mol. The van der Waals surface area contributed by atoms with Crippen molar-refractivity contribution >= 4 is 38.5 Å². The van der Waals surface area contributed by atoms with Crippen molar-refractivity contribution in [1.29, 1.82) is 0 Å². The minimum absolute atomic E-state index is 0.0852. The molecule has 3 rings (SSSR count). The lowest BCUT2D eigenvalue weighted by Gasteiger charge is -2.21. The molecule has 0 aliphatic rings. The molecule has 3 aromatic rings. The standard InChI is InChI=1S/C18H17NO3S3/c1-14(20)15-6-8-18(9-7-15)25(21,22)19(12-16-4-2-10-23-16)13-17-5-3-11-24-17/h2-11H,12-13H2,1H3. The van der Waals surface area contributed by atoms with Crippen LogP contribution in [0.2, 0.25) is 0 Å². The van der Waals surface area contributed by atoms with E-state index in [1.54, 1.807) is 12.1 Å². The van der Waals surface area contributed by atoms with E-state index >= 15 is 0 Å². The van der Waals surface area contributed by atoms with Crippen LogP contribution in [0.1, 0.15) is 27.0 Å². The summed E-state index contributed by atoms with van der Waals surface area (Å²) < 4.78 is 27.7. The Morgan fingerprint density at radius 3 is 1.84 bits per heavy atom. The van der Waals surface area contributed by atoms with Crippen LogP contribution in [0.25, 0.3) is 0 Å². The SMILES string of the molecule is CC(=O)c1ccc(S(=O)(=O)N(Cc2cccs2)Cc2cccs2)cc1. The maximum atomic E-state index is 13.1. The van der Waals surface area contributed by atoms with E-state index in [-0.39, 0.29) is 10.7 Å². The molecule has 0 N–H and O–H groups in total. The van der Waals surface area contributed by atoms with Gasteiger partial charge in [0.1, 0.15) is 0 Å². The first-order chi connectivity index (χ1) is 12.0. The zero-order valence-corrected chi connectivity index (χ0v) is 16.0. The summed E-state index contributed by atoms with van der Waals surface area (Å²) in [6.45, 7) is 2.11. The van der Waals surface area contributed by atoms with Crippen molar-refractivity contribution in [2.24, 2.45) is 0 Å². The number of rotatable bonds is 7. The number of hydrogen-bond donors (Lipinski definition) is 0. The Labute approximate surface area is 155 Å². The van der Waals surface area contributed by atoms with Gasteiger partial charge >= 0.3 is 0 Å². The number of thiophene rings is 2. The van der Waals surface area contributed by atoms with E-state index in [0.717, 1.165) is 9.75 Å². The molecule has 1 aromatic carbocycles. The molecule has 0 fully saturated rings. The van der Waals surface area contributed by atoms with Gasteiger partial charge in [0.2, 0.25) is 10.0 Å². The first kappa shape index (κ1) is 18.0. The molecule has 0 unspecified atom stereocenters. The van der Waals surface area contributed by atoms with Crippen LogP contribution >= 0.6 is 22.7 Å². The molecule has 0 radical (unpaired) electrons. The number of nitrogens with zero attached hydrogens (tertiary/aromatic N) is 1. The normalized spacial score (nSPS) is 11.8. The van der Waals surface area contributed by atoms with Gasteiger partial charge in [-0.3, -0.25) is 4.79 Å². The second-order valence-corrected chi connectivity index (χ2v) is 9.51. The number of carbonyl (C=O) groups excluding carboxylic acids is 1. The predicted molar refractivity (Wildman–Crippen MR) is 102 cm³/mol. The maximum absolute atomic E-state index is 13.1. The molecule has 2 heterocycles. The van der Waals surface area contributed by atoms with Crippen molar-refractivity contribution in [2.75, 3.05) is 0 Å². The summed E-state index contributed by atoms with van der Waals surface area (Å²) >= 11 is 3.07. The van der Waals surface area contributed by atoms with Crippen molar-refractivity contribution < 1.29 is 13.2 Å².